The Kier molecular flexibility index (Phi) is 3.34. The molecule has 2 heteroatoms. The van der Waals surface area contributed by atoms with Gasteiger partial charge in [0.25, 0.3) is 0 Å². The predicted octanol–water partition coefficient (Wildman–Crippen LogP) is 4.89. The van der Waals surface area contributed by atoms with Crippen molar-refractivity contribution in [2.24, 2.45) is 34.5 Å². The smallest absolute Gasteiger partial charge is 0.159 e. The largest absolute Gasteiger partial charge is 0.299 e. The van der Waals surface area contributed by atoms with Crippen LogP contribution in [-0.2, 0) is 9.59 Å². The Morgan fingerprint density at radius 3 is 2.50 bits per heavy atom. The Hall–Kier alpha value is -1.18. The zero-order valence-electron chi connectivity index (χ0n) is 15.6. The van der Waals surface area contributed by atoms with Crippen molar-refractivity contribution in [2.75, 3.05) is 0 Å². The molecular weight excluding hydrogens is 296 g/mol. The molecule has 4 aliphatic carbocycles. The number of carbonyl (C=O) groups is 2. The molecule has 0 aromatic rings. The van der Waals surface area contributed by atoms with E-state index in [4.69, 9.17) is 0 Å². The van der Waals surface area contributed by atoms with Gasteiger partial charge in [-0.1, -0.05) is 32.9 Å². The highest BCUT2D eigenvalue weighted by Gasteiger charge is 2.61. The lowest BCUT2D eigenvalue weighted by atomic mass is 9.44. The van der Waals surface area contributed by atoms with E-state index in [2.05, 4.69) is 27.4 Å². The van der Waals surface area contributed by atoms with Crippen LogP contribution >= 0.6 is 0 Å². The Morgan fingerprint density at radius 2 is 1.79 bits per heavy atom. The molecule has 0 aliphatic heterocycles. The monoisotopic (exact) mass is 326 g/mol. The van der Waals surface area contributed by atoms with E-state index in [0.29, 0.717) is 41.7 Å². The number of fused-ring (bicyclic) bond motifs is 5. The van der Waals surface area contributed by atoms with Crippen LogP contribution in [0.1, 0.15) is 66.2 Å². The van der Waals surface area contributed by atoms with E-state index in [0.717, 1.165) is 37.7 Å². The molecule has 0 N–H and O–H groups in total. The molecule has 0 aromatic carbocycles. The molecule has 0 amide bonds. The predicted molar refractivity (Wildman–Crippen MR) is 95.4 cm³/mol. The van der Waals surface area contributed by atoms with Crippen LogP contribution in [-0.4, -0.2) is 11.6 Å². The van der Waals surface area contributed by atoms with Crippen molar-refractivity contribution in [3.8, 4) is 0 Å². The minimum atomic E-state index is -0.0954. The van der Waals surface area contributed by atoms with Gasteiger partial charge < -0.3 is 0 Å². The van der Waals surface area contributed by atoms with Crippen molar-refractivity contribution in [1.29, 1.82) is 0 Å². The van der Waals surface area contributed by atoms with Crippen LogP contribution in [0.15, 0.2) is 23.3 Å². The molecule has 3 saturated carbocycles. The van der Waals surface area contributed by atoms with E-state index in [1.54, 1.807) is 0 Å². The first-order valence-corrected chi connectivity index (χ1v) is 9.67. The van der Waals surface area contributed by atoms with Crippen molar-refractivity contribution in [3.63, 3.8) is 0 Å². The van der Waals surface area contributed by atoms with E-state index >= 15 is 0 Å². The Morgan fingerprint density at radius 1 is 1.08 bits per heavy atom. The first kappa shape index (κ1) is 16.3. The van der Waals surface area contributed by atoms with Crippen LogP contribution in [0, 0.1) is 34.5 Å². The first-order chi connectivity index (χ1) is 11.2. The third kappa shape index (κ3) is 1.78. The summed E-state index contributed by atoms with van der Waals surface area (Å²) in [6, 6.07) is 0. The standard InChI is InChI=1S/C22H30O2/c1-12-10-15-16-6-7-19(24)21(16,4)9-8-17(15)22(5)13(2)11-18(23)14(3)20(12)22/h13,15-17H,1,6-11H2,2-5H3/t13-,15+,16+,17+,21+,22-/m1/s1. The van der Waals surface area contributed by atoms with Gasteiger partial charge in [0.15, 0.2) is 5.78 Å². The second-order valence-electron chi connectivity index (χ2n) is 9.41. The fourth-order valence-corrected chi connectivity index (χ4v) is 7.10. The molecule has 0 aromatic heterocycles. The van der Waals surface area contributed by atoms with Crippen LogP contribution in [0.4, 0.5) is 0 Å². The van der Waals surface area contributed by atoms with Crippen LogP contribution in [0.5, 0.6) is 0 Å². The van der Waals surface area contributed by atoms with Gasteiger partial charge in [-0.05, 0) is 72.8 Å². The minimum absolute atomic E-state index is 0.0605. The summed E-state index contributed by atoms with van der Waals surface area (Å²) in [5.41, 5.74) is 3.39. The number of carbonyl (C=O) groups excluding carboxylic acids is 2. The summed E-state index contributed by atoms with van der Waals surface area (Å²) in [6.45, 7) is 13.3. The number of hydrogen-bond acceptors (Lipinski definition) is 2. The van der Waals surface area contributed by atoms with E-state index in [9.17, 15) is 9.59 Å². The van der Waals surface area contributed by atoms with Crippen molar-refractivity contribution >= 4 is 11.6 Å². The van der Waals surface area contributed by atoms with Gasteiger partial charge in [0.2, 0.25) is 0 Å². The third-order valence-electron chi connectivity index (χ3n) is 8.60. The van der Waals surface area contributed by atoms with Crippen LogP contribution in [0.25, 0.3) is 0 Å². The Bertz CT molecular complexity index is 684. The molecular formula is C22H30O2. The molecule has 2 nitrogen and oxygen atoms in total. The first-order valence-electron chi connectivity index (χ1n) is 9.67. The number of ketones is 2. The SMILES string of the molecule is C=C1C[C@@H]2[C@H](CC[C@]3(C)C(=O)CC[C@@H]23)[C@]2(C)C1=C(C)C(=O)C[C@H]2C. The molecule has 4 aliphatic rings. The summed E-state index contributed by atoms with van der Waals surface area (Å²) < 4.78 is 0. The Balaban J connectivity index is 1.83. The van der Waals surface area contributed by atoms with Crippen molar-refractivity contribution in [2.45, 2.75) is 66.2 Å². The van der Waals surface area contributed by atoms with Crippen LogP contribution in [0.2, 0.25) is 0 Å². The Labute approximate surface area is 145 Å². The second kappa shape index (κ2) is 4.93. The molecule has 0 radical (unpaired) electrons. The van der Waals surface area contributed by atoms with Gasteiger partial charge in [0.05, 0.1) is 0 Å². The summed E-state index contributed by atoms with van der Waals surface area (Å²) in [5.74, 6) is 2.86. The maximum absolute atomic E-state index is 12.5. The molecule has 0 unspecified atom stereocenters. The fraction of sp³-hybridized carbons (Fsp3) is 0.727. The van der Waals surface area contributed by atoms with Gasteiger partial charge in [-0.25, -0.2) is 0 Å². The minimum Gasteiger partial charge on any atom is -0.299 e. The lowest BCUT2D eigenvalue weighted by Gasteiger charge is -2.59. The number of hydrogen-bond donors (Lipinski definition) is 0. The lowest BCUT2D eigenvalue weighted by Crippen LogP contribution is -2.54. The maximum Gasteiger partial charge on any atom is 0.159 e. The zero-order chi connectivity index (χ0) is 17.4. The fourth-order valence-electron chi connectivity index (χ4n) is 7.10. The molecule has 130 valence electrons. The quantitative estimate of drug-likeness (QED) is 0.635. The van der Waals surface area contributed by atoms with Crippen molar-refractivity contribution in [1.82, 2.24) is 0 Å². The average Bonchev–Trinajstić information content (AvgIpc) is 2.81. The highest BCUT2D eigenvalue weighted by atomic mass is 16.1. The number of rotatable bonds is 0. The van der Waals surface area contributed by atoms with Gasteiger partial charge in [-0.3, -0.25) is 9.59 Å². The van der Waals surface area contributed by atoms with E-state index in [1.807, 2.05) is 6.92 Å². The van der Waals surface area contributed by atoms with Crippen LogP contribution in [0.3, 0.4) is 0 Å². The second-order valence-corrected chi connectivity index (χ2v) is 9.41. The van der Waals surface area contributed by atoms with E-state index in [1.165, 1.54) is 11.1 Å². The normalized spacial score (nSPS) is 48.2. The van der Waals surface area contributed by atoms with Gasteiger partial charge in [-0.15, -0.1) is 0 Å². The summed E-state index contributed by atoms with van der Waals surface area (Å²) in [6.07, 6.45) is 5.65. The molecule has 0 spiro atoms. The van der Waals surface area contributed by atoms with Gasteiger partial charge in [0, 0.05) is 18.3 Å². The van der Waals surface area contributed by atoms with Gasteiger partial charge >= 0.3 is 0 Å². The summed E-state index contributed by atoms with van der Waals surface area (Å²) in [4.78, 5) is 25.0. The molecule has 0 bridgehead atoms. The van der Waals surface area contributed by atoms with Crippen molar-refractivity contribution in [3.05, 3.63) is 23.3 Å². The number of Topliss-reactive ketones (excluding diaryl/α,β-unsaturated/α-hetero) is 2. The molecule has 0 heterocycles. The summed E-state index contributed by atoms with van der Waals surface area (Å²) in [5, 5.41) is 0. The zero-order valence-corrected chi connectivity index (χ0v) is 15.6. The maximum atomic E-state index is 12.5. The molecule has 3 fully saturated rings. The topological polar surface area (TPSA) is 34.1 Å². The van der Waals surface area contributed by atoms with Gasteiger partial charge in [0.1, 0.15) is 5.78 Å². The highest BCUT2D eigenvalue weighted by Crippen LogP contribution is 2.66. The molecule has 0 saturated heterocycles. The van der Waals surface area contributed by atoms with E-state index in [-0.39, 0.29) is 10.8 Å². The van der Waals surface area contributed by atoms with E-state index < -0.39 is 0 Å². The average molecular weight is 326 g/mol. The highest BCUT2D eigenvalue weighted by molar-refractivity contribution is 5.98. The van der Waals surface area contributed by atoms with Crippen molar-refractivity contribution < 1.29 is 9.59 Å². The lowest BCUT2D eigenvalue weighted by molar-refractivity contribution is -0.133. The van der Waals surface area contributed by atoms with Crippen LogP contribution < -0.4 is 0 Å². The van der Waals surface area contributed by atoms with Gasteiger partial charge in [-0.2, -0.15) is 0 Å². The number of allylic oxidation sites excluding steroid dienone is 2. The molecule has 24 heavy (non-hydrogen) atoms. The summed E-state index contributed by atoms with van der Waals surface area (Å²) in [7, 11) is 0. The molecule has 4 rings (SSSR count). The third-order valence-corrected chi connectivity index (χ3v) is 8.60. The summed E-state index contributed by atoms with van der Waals surface area (Å²) >= 11 is 0. The molecule has 6 atom stereocenters.